The fourth-order valence-corrected chi connectivity index (χ4v) is 3.47. The van der Waals surface area contributed by atoms with Crippen molar-refractivity contribution in [3.05, 3.63) is 35.4 Å². The third-order valence-corrected chi connectivity index (χ3v) is 4.82. The standard InChI is InChI=1S/C17H28N2/c1-5-8-13(3)19(4)16-11-12(2)14-9-6-7-10-15(14)17(16)18/h6-7,9-10,12-13,16-17H,5,8,11,18H2,1-4H3. The van der Waals surface area contributed by atoms with E-state index in [1.165, 1.54) is 30.4 Å². The monoisotopic (exact) mass is 260 g/mol. The molecule has 0 fully saturated rings. The normalized spacial score (nSPS) is 28.2. The molecule has 0 saturated carbocycles. The van der Waals surface area contributed by atoms with Crippen molar-refractivity contribution in [1.82, 2.24) is 4.90 Å². The predicted molar refractivity (Wildman–Crippen MR) is 82.3 cm³/mol. The van der Waals surface area contributed by atoms with Gasteiger partial charge in [0.1, 0.15) is 0 Å². The third-order valence-electron chi connectivity index (χ3n) is 4.82. The molecule has 1 aromatic rings. The first-order valence-corrected chi connectivity index (χ1v) is 7.62. The third kappa shape index (κ3) is 2.85. The topological polar surface area (TPSA) is 29.3 Å². The Kier molecular flexibility index (Phi) is 4.64. The summed E-state index contributed by atoms with van der Waals surface area (Å²) >= 11 is 0. The van der Waals surface area contributed by atoms with Crippen molar-refractivity contribution in [3.8, 4) is 0 Å². The Bertz CT molecular complexity index is 415. The van der Waals surface area contributed by atoms with Gasteiger partial charge in [-0.2, -0.15) is 0 Å². The first-order valence-electron chi connectivity index (χ1n) is 7.62. The van der Waals surface area contributed by atoms with Gasteiger partial charge in [0.25, 0.3) is 0 Å². The van der Waals surface area contributed by atoms with Crippen LogP contribution in [-0.2, 0) is 0 Å². The van der Waals surface area contributed by atoms with Gasteiger partial charge in [-0.05, 0) is 43.9 Å². The van der Waals surface area contributed by atoms with Gasteiger partial charge in [0.05, 0.1) is 0 Å². The van der Waals surface area contributed by atoms with Crippen LogP contribution >= 0.6 is 0 Å². The summed E-state index contributed by atoms with van der Waals surface area (Å²) in [6.07, 6.45) is 3.65. The van der Waals surface area contributed by atoms with Gasteiger partial charge < -0.3 is 5.73 Å². The van der Waals surface area contributed by atoms with Crippen LogP contribution in [0, 0.1) is 0 Å². The zero-order valence-corrected chi connectivity index (χ0v) is 12.8. The molecule has 0 aliphatic heterocycles. The van der Waals surface area contributed by atoms with Crippen LogP contribution in [0.15, 0.2) is 24.3 Å². The van der Waals surface area contributed by atoms with E-state index in [1.54, 1.807) is 0 Å². The van der Waals surface area contributed by atoms with Crippen LogP contribution in [0.4, 0.5) is 0 Å². The molecule has 0 heterocycles. The highest BCUT2D eigenvalue weighted by Gasteiger charge is 2.34. The summed E-state index contributed by atoms with van der Waals surface area (Å²) in [6.45, 7) is 6.90. The zero-order chi connectivity index (χ0) is 14.0. The van der Waals surface area contributed by atoms with Crippen LogP contribution in [0.5, 0.6) is 0 Å². The highest BCUT2D eigenvalue weighted by molar-refractivity contribution is 5.36. The molecule has 1 aromatic carbocycles. The van der Waals surface area contributed by atoms with Crippen molar-refractivity contribution >= 4 is 0 Å². The van der Waals surface area contributed by atoms with Gasteiger partial charge in [-0.1, -0.05) is 44.5 Å². The van der Waals surface area contributed by atoms with Crippen LogP contribution in [0.1, 0.15) is 63.1 Å². The summed E-state index contributed by atoms with van der Waals surface area (Å²) in [4.78, 5) is 2.50. The van der Waals surface area contributed by atoms with Gasteiger partial charge in [-0.25, -0.2) is 0 Å². The molecule has 0 bridgehead atoms. The fraction of sp³-hybridized carbons (Fsp3) is 0.647. The number of benzene rings is 1. The molecule has 4 unspecified atom stereocenters. The lowest BCUT2D eigenvalue weighted by molar-refractivity contribution is 0.132. The summed E-state index contributed by atoms with van der Waals surface area (Å²) in [5.41, 5.74) is 9.34. The minimum Gasteiger partial charge on any atom is -0.323 e. The second-order valence-corrected chi connectivity index (χ2v) is 6.16. The number of hydrogen-bond acceptors (Lipinski definition) is 2. The van der Waals surface area contributed by atoms with Crippen LogP contribution < -0.4 is 5.73 Å². The van der Waals surface area contributed by atoms with Crippen LogP contribution in [-0.4, -0.2) is 24.0 Å². The smallest absolute Gasteiger partial charge is 0.0456 e. The maximum Gasteiger partial charge on any atom is 0.0456 e. The Labute approximate surface area is 118 Å². The van der Waals surface area contributed by atoms with Gasteiger partial charge >= 0.3 is 0 Å². The minimum absolute atomic E-state index is 0.150. The molecule has 0 radical (unpaired) electrons. The molecule has 0 spiro atoms. The average Bonchev–Trinajstić information content (AvgIpc) is 2.42. The molecule has 4 atom stereocenters. The van der Waals surface area contributed by atoms with Crippen molar-refractivity contribution in [2.75, 3.05) is 7.05 Å². The van der Waals surface area contributed by atoms with Crippen molar-refractivity contribution in [1.29, 1.82) is 0 Å². The van der Waals surface area contributed by atoms with Crippen molar-refractivity contribution in [2.45, 2.75) is 64.1 Å². The van der Waals surface area contributed by atoms with Crippen LogP contribution in [0.2, 0.25) is 0 Å². The molecule has 2 heteroatoms. The molecule has 0 aromatic heterocycles. The Balaban J connectivity index is 2.22. The number of nitrogens with zero attached hydrogens (tertiary/aromatic N) is 1. The number of nitrogens with two attached hydrogens (primary N) is 1. The molecule has 2 N–H and O–H groups in total. The van der Waals surface area contributed by atoms with E-state index in [9.17, 15) is 0 Å². The van der Waals surface area contributed by atoms with Crippen LogP contribution in [0.25, 0.3) is 0 Å². The number of likely N-dealkylation sites (N-methyl/N-ethyl adjacent to an activating group) is 1. The minimum atomic E-state index is 0.150. The van der Waals surface area contributed by atoms with E-state index in [2.05, 4.69) is 57.0 Å². The quantitative estimate of drug-likeness (QED) is 0.894. The van der Waals surface area contributed by atoms with E-state index in [4.69, 9.17) is 5.73 Å². The number of fused-ring (bicyclic) bond motifs is 1. The number of rotatable bonds is 4. The molecular formula is C17H28N2. The first kappa shape index (κ1) is 14.5. The molecule has 19 heavy (non-hydrogen) atoms. The summed E-state index contributed by atoms with van der Waals surface area (Å²) in [5, 5.41) is 0. The fourth-order valence-electron chi connectivity index (χ4n) is 3.47. The van der Waals surface area contributed by atoms with E-state index < -0.39 is 0 Å². The van der Waals surface area contributed by atoms with Gasteiger partial charge in [-0.15, -0.1) is 0 Å². The molecule has 0 saturated heterocycles. The van der Waals surface area contributed by atoms with E-state index >= 15 is 0 Å². The zero-order valence-electron chi connectivity index (χ0n) is 12.8. The molecule has 2 rings (SSSR count). The van der Waals surface area contributed by atoms with Crippen molar-refractivity contribution in [3.63, 3.8) is 0 Å². The second kappa shape index (κ2) is 6.06. The molecule has 1 aliphatic carbocycles. The van der Waals surface area contributed by atoms with Gasteiger partial charge in [0, 0.05) is 18.1 Å². The molecule has 2 nitrogen and oxygen atoms in total. The molecule has 0 amide bonds. The summed E-state index contributed by atoms with van der Waals surface area (Å²) in [6, 6.07) is 9.92. The highest BCUT2D eigenvalue weighted by atomic mass is 15.2. The van der Waals surface area contributed by atoms with Gasteiger partial charge in [0.2, 0.25) is 0 Å². The Hall–Kier alpha value is -0.860. The van der Waals surface area contributed by atoms with Gasteiger partial charge in [0.15, 0.2) is 0 Å². The highest BCUT2D eigenvalue weighted by Crippen LogP contribution is 2.38. The average molecular weight is 260 g/mol. The Morgan fingerprint density at radius 3 is 2.58 bits per heavy atom. The summed E-state index contributed by atoms with van der Waals surface area (Å²) in [7, 11) is 2.24. The lowest BCUT2D eigenvalue weighted by Gasteiger charge is -2.42. The maximum absolute atomic E-state index is 6.55. The summed E-state index contributed by atoms with van der Waals surface area (Å²) in [5.74, 6) is 0.609. The van der Waals surface area contributed by atoms with E-state index in [-0.39, 0.29) is 6.04 Å². The van der Waals surface area contributed by atoms with E-state index in [0.717, 1.165) is 0 Å². The maximum atomic E-state index is 6.55. The Morgan fingerprint density at radius 2 is 1.95 bits per heavy atom. The molecule has 1 aliphatic rings. The van der Waals surface area contributed by atoms with Crippen molar-refractivity contribution in [2.24, 2.45) is 5.73 Å². The second-order valence-electron chi connectivity index (χ2n) is 6.16. The first-order chi connectivity index (χ1) is 9.06. The Morgan fingerprint density at radius 1 is 1.32 bits per heavy atom. The molecular weight excluding hydrogens is 232 g/mol. The lowest BCUT2D eigenvalue weighted by Crippen LogP contribution is -2.47. The number of hydrogen-bond donors (Lipinski definition) is 1. The van der Waals surface area contributed by atoms with E-state index in [1.807, 2.05) is 0 Å². The summed E-state index contributed by atoms with van der Waals surface area (Å²) < 4.78 is 0. The van der Waals surface area contributed by atoms with E-state index in [0.29, 0.717) is 18.0 Å². The van der Waals surface area contributed by atoms with Crippen LogP contribution in [0.3, 0.4) is 0 Å². The predicted octanol–water partition coefficient (Wildman–Crippen LogP) is 3.68. The lowest BCUT2D eigenvalue weighted by atomic mass is 9.77. The SMILES string of the molecule is CCCC(C)N(C)C1CC(C)c2ccccc2C1N. The largest absolute Gasteiger partial charge is 0.323 e. The van der Waals surface area contributed by atoms with Gasteiger partial charge in [-0.3, -0.25) is 4.90 Å². The van der Waals surface area contributed by atoms with Crippen molar-refractivity contribution < 1.29 is 0 Å². The molecule has 106 valence electrons.